The largest absolute Gasteiger partial charge is 0.385 e. The lowest BCUT2D eigenvalue weighted by Gasteiger charge is -2.22. The zero-order valence-corrected chi connectivity index (χ0v) is 17.2. The Labute approximate surface area is 179 Å². The van der Waals surface area contributed by atoms with Crippen LogP contribution in [0.4, 0.5) is 10.3 Å². The zero-order valence-electron chi connectivity index (χ0n) is 17.2. The SMILES string of the molecule is C=C1COC(c2nc(-c3ccc(F)cc3)c(-c3ccnc(NCCCOC)n3)[nH]2)OC1. The standard InChI is InChI=1S/C22H24FN5O3/c1-14-12-30-21(31-13-14)20-27-18(15-4-6-16(23)7-5-15)19(28-20)17-8-10-25-22(26-17)24-9-3-11-29-2/h4-8,10,21H,1,3,9,11-13H2,2H3,(H,27,28)(H,24,25,26). The van der Waals surface area contributed by atoms with Crippen LogP contribution in [-0.2, 0) is 14.2 Å². The van der Waals surface area contributed by atoms with Gasteiger partial charge in [-0.1, -0.05) is 6.58 Å². The van der Waals surface area contributed by atoms with Crippen LogP contribution in [0.5, 0.6) is 0 Å². The van der Waals surface area contributed by atoms with Gasteiger partial charge in [-0.05, 0) is 42.3 Å². The maximum Gasteiger partial charge on any atom is 0.223 e. The highest BCUT2D eigenvalue weighted by molar-refractivity contribution is 5.77. The Morgan fingerprint density at radius 1 is 1.19 bits per heavy atom. The normalized spacial score (nSPS) is 14.7. The minimum atomic E-state index is -0.646. The van der Waals surface area contributed by atoms with Gasteiger partial charge in [-0.15, -0.1) is 0 Å². The van der Waals surface area contributed by atoms with Gasteiger partial charge in [0.1, 0.15) is 5.82 Å². The van der Waals surface area contributed by atoms with Crippen molar-refractivity contribution in [1.29, 1.82) is 0 Å². The predicted octanol–water partition coefficient (Wildman–Crippen LogP) is 3.72. The van der Waals surface area contributed by atoms with Gasteiger partial charge in [-0.2, -0.15) is 0 Å². The molecule has 162 valence electrons. The molecule has 31 heavy (non-hydrogen) atoms. The van der Waals surface area contributed by atoms with Gasteiger partial charge in [0.15, 0.2) is 5.82 Å². The van der Waals surface area contributed by atoms with Gasteiger partial charge in [-0.25, -0.2) is 19.3 Å². The van der Waals surface area contributed by atoms with Crippen molar-refractivity contribution in [2.45, 2.75) is 12.7 Å². The van der Waals surface area contributed by atoms with Gasteiger partial charge >= 0.3 is 0 Å². The Morgan fingerprint density at radius 2 is 1.97 bits per heavy atom. The number of nitrogens with one attached hydrogen (secondary N) is 2. The average Bonchev–Trinajstić information content (AvgIpc) is 3.23. The molecule has 0 spiro atoms. The summed E-state index contributed by atoms with van der Waals surface area (Å²) in [6.07, 6.45) is 1.86. The van der Waals surface area contributed by atoms with E-state index in [1.165, 1.54) is 12.1 Å². The Balaban J connectivity index is 1.67. The van der Waals surface area contributed by atoms with Crippen molar-refractivity contribution >= 4 is 5.95 Å². The van der Waals surface area contributed by atoms with E-state index in [0.29, 0.717) is 55.2 Å². The highest BCUT2D eigenvalue weighted by Gasteiger charge is 2.25. The number of H-pyrrole nitrogens is 1. The molecule has 1 aromatic carbocycles. The number of rotatable bonds is 8. The summed E-state index contributed by atoms with van der Waals surface area (Å²) in [4.78, 5) is 16.9. The minimum absolute atomic E-state index is 0.317. The quantitative estimate of drug-likeness (QED) is 0.420. The van der Waals surface area contributed by atoms with Crippen LogP contribution < -0.4 is 5.32 Å². The molecule has 0 saturated carbocycles. The highest BCUT2D eigenvalue weighted by atomic mass is 19.1. The third-order valence-corrected chi connectivity index (χ3v) is 4.66. The average molecular weight is 425 g/mol. The van der Waals surface area contributed by atoms with E-state index in [4.69, 9.17) is 19.2 Å². The molecule has 8 nitrogen and oxygen atoms in total. The zero-order chi connectivity index (χ0) is 21.6. The van der Waals surface area contributed by atoms with Crippen molar-refractivity contribution in [2.75, 3.05) is 38.8 Å². The summed E-state index contributed by atoms with van der Waals surface area (Å²) in [7, 11) is 1.67. The van der Waals surface area contributed by atoms with Gasteiger partial charge in [0.25, 0.3) is 0 Å². The van der Waals surface area contributed by atoms with Gasteiger partial charge < -0.3 is 24.5 Å². The number of hydrogen-bond acceptors (Lipinski definition) is 7. The first kappa shape index (κ1) is 21.1. The molecular weight excluding hydrogens is 401 g/mol. The van der Waals surface area contributed by atoms with Crippen LogP contribution in [0.2, 0.25) is 0 Å². The minimum Gasteiger partial charge on any atom is -0.385 e. The summed E-state index contributed by atoms with van der Waals surface area (Å²) >= 11 is 0. The van der Waals surface area contributed by atoms with E-state index in [-0.39, 0.29) is 5.82 Å². The molecule has 2 N–H and O–H groups in total. The summed E-state index contributed by atoms with van der Waals surface area (Å²) in [6.45, 7) is 6.00. The molecule has 3 aromatic rings. The second-order valence-corrected chi connectivity index (χ2v) is 7.10. The molecule has 1 fully saturated rings. The van der Waals surface area contributed by atoms with Gasteiger partial charge in [0, 0.05) is 32.0 Å². The Hall–Kier alpha value is -3.14. The molecule has 0 amide bonds. The van der Waals surface area contributed by atoms with Gasteiger partial charge in [0.05, 0.1) is 30.3 Å². The number of benzene rings is 1. The molecule has 1 saturated heterocycles. The molecule has 0 bridgehead atoms. The topological polar surface area (TPSA) is 94.2 Å². The molecule has 0 unspecified atom stereocenters. The van der Waals surface area contributed by atoms with Crippen LogP contribution in [-0.4, -0.2) is 53.4 Å². The molecule has 9 heteroatoms. The van der Waals surface area contributed by atoms with Crippen molar-refractivity contribution in [3.8, 4) is 22.6 Å². The molecule has 0 aliphatic carbocycles. The molecule has 0 radical (unpaired) electrons. The number of halogens is 1. The Kier molecular flexibility index (Phi) is 6.66. The van der Waals surface area contributed by atoms with Gasteiger partial charge in [0.2, 0.25) is 12.2 Å². The van der Waals surface area contributed by atoms with Crippen molar-refractivity contribution in [3.63, 3.8) is 0 Å². The number of methoxy groups -OCH3 is 1. The molecule has 1 aliphatic heterocycles. The summed E-state index contributed by atoms with van der Waals surface area (Å²) in [6, 6.07) is 7.93. The lowest BCUT2D eigenvalue weighted by molar-refractivity contribution is -0.165. The van der Waals surface area contributed by atoms with Crippen LogP contribution in [0.1, 0.15) is 18.5 Å². The summed E-state index contributed by atoms with van der Waals surface area (Å²) in [5.74, 6) is 0.689. The number of hydrogen-bond donors (Lipinski definition) is 2. The smallest absolute Gasteiger partial charge is 0.223 e. The van der Waals surface area contributed by atoms with E-state index in [9.17, 15) is 4.39 Å². The van der Waals surface area contributed by atoms with E-state index in [1.807, 2.05) is 0 Å². The van der Waals surface area contributed by atoms with E-state index in [0.717, 1.165) is 17.6 Å². The third kappa shape index (κ3) is 5.13. The van der Waals surface area contributed by atoms with E-state index < -0.39 is 6.29 Å². The molecule has 3 heterocycles. The first-order valence-corrected chi connectivity index (χ1v) is 9.96. The predicted molar refractivity (Wildman–Crippen MR) is 114 cm³/mol. The van der Waals surface area contributed by atoms with Crippen molar-refractivity contribution < 1.29 is 18.6 Å². The van der Waals surface area contributed by atoms with Crippen LogP contribution in [0.15, 0.2) is 48.7 Å². The first-order valence-electron chi connectivity index (χ1n) is 9.96. The van der Waals surface area contributed by atoms with Gasteiger partial charge in [-0.3, -0.25) is 0 Å². The fraction of sp³-hybridized carbons (Fsp3) is 0.318. The molecule has 1 aliphatic rings. The lowest BCUT2D eigenvalue weighted by Crippen LogP contribution is -2.20. The molecule has 0 atom stereocenters. The third-order valence-electron chi connectivity index (χ3n) is 4.66. The molecule has 4 rings (SSSR count). The lowest BCUT2D eigenvalue weighted by atomic mass is 10.1. The number of ether oxygens (including phenoxy) is 3. The van der Waals surface area contributed by atoms with Crippen molar-refractivity contribution in [1.82, 2.24) is 19.9 Å². The van der Waals surface area contributed by atoms with Crippen molar-refractivity contribution in [2.24, 2.45) is 0 Å². The fourth-order valence-corrected chi connectivity index (χ4v) is 3.14. The van der Waals surface area contributed by atoms with Crippen LogP contribution in [0.25, 0.3) is 22.6 Å². The first-order chi connectivity index (χ1) is 15.1. The van der Waals surface area contributed by atoms with E-state index in [2.05, 4.69) is 26.8 Å². The monoisotopic (exact) mass is 425 g/mol. The maximum absolute atomic E-state index is 13.5. The van der Waals surface area contributed by atoms with Crippen molar-refractivity contribution in [3.05, 3.63) is 60.3 Å². The van der Waals surface area contributed by atoms with Crippen LogP contribution in [0.3, 0.4) is 0 Å². The second kappa shape index (κ2) is 9.78. The van der Waals surface area contributed by atoms with Crippen LogP contribution in [0, 0.1) is 5.82 Å². The second-order valence-electron chi connectivity index (χ2n) is 7.10. The fourth-order valence-electron chi connectivity index (χ4n) is 3.14. The summed E-state index contributed by atoms with van der Waals surface area (Å²) < 4.78 is 29.9. The molecule has 2 aromatic heterocycles. The van der Waals surface area contributed by atoms with E-state index >= 15 is 0 Å². The highest BCUT2D eigenvalue weighted by Crippen LogP contribution is 2.33. The van der Waals surface area contributed by atoms with E-state index in [1.54, 1.807) is 31.5 Å². The summed E-state index contributed by atoms with van der Waals surface area (Å²) in [5, 5.41) is 3.19. The Bertz CT molecular complexity index is 1030. The number of imidazole rings is 1. The number of anilines is 1. The number of aromatic amines is 1. The maximum atomic E-state index is 13.5. The molecular formula is C22H24FN5O3. The number of nitrogens with zero attached hydrogens (tertiary/aromatic N) is 3. The summed E-state index contributed by atoms with van der Waals surface area (Å²) in [5.41, 5.74) is 3.54. The van der Waals surface area contributed by atoms with Crippen LogP contribution >= 0.6 is 0 Å². The Morgan fingerprint density at radius 3 is 2.71 bits per heavy atom. The number of aromatic nitrogens is 4.